The van der Waals surface area contributed by atoms with Gasteiger partial charge in [-0.1, -0.05) is 24.3 Å². The Hall–Kier alpha value is -3.34. The van der Waals surface area contributed by atoms with Crippen molar-refractivity contribution in [3.8, 4) is 0 Å². The SMILES string of the molecule is Cc1ccccc1N1C(=O)c2ccc(C(=O)N3CCN(S(=O)(=O)c4cccs4)CC3)cc2C1=O. The summed E-state index contributed by atoms with van der Waals surface area (Å²) in [7, 11) is -3.56. The van der Waals surface area contributed by atoms with Crippen LogP contribution in [-0.4, -0.2) is 61.5 Å². The number of amides is 3. The minimum Gasteiger partial charge on any atom is -0.336 e. The number of rotatable bonds is 4. The number of carbonyl (C=O) groups excluding carboxylic acids is 3. The monoisotopic (exact) mass is 495 g/mol. The summed E-state index contributed by atoms with van der Waals surface area (Å²) in [6, 6.07) is 14.9. The molecule has 174 valence electrons. The number of piperazine rings is 1. The molecule has 0 atom stereocenters. The molecule has 5 rings (SSSR count). The molecule has 10 heteroatoms. The maximum atomic E-state index is 13.1. The number of para-hydroxylation sites is 1. The lowest BCUT2D eigenvalue weighted by Gasteiger charge is -2.33. The van der Waals surface area contributed by atoms with Gasteiger partial charge in [-0.3, -0.25) is 14.4 Å². The molecule has 2 aromatic carbocycles. The van der Waals surface area contributed by atoms with Gasteiger partial charge in [-0.25, -0.2) is 13.3 Å². The van der Waals surface area contributed by atoms with Crippen LogP contribution < -0.4 is 4.90 Å². The first-order valence-corrected chi connectivity index (χ1v) is 13.0. The van der Waals surface area contributed by atoms with Gasteiger partial charge in [0.25, 0.3) is 27.7 Å². The van der Waals surface area contributed by atoms with Gasteiger partial charge in [0.1, 0.15) is 4.21 Å². The third-order valence-corrected chi connectivity index (χ3v) is 9.38. The highest BCUT2D eigenvalue weighted by atomic mass is 32.2. The van der Waals surface area contributed by atoms with Crippen molar-refractivity contribution in [2.75, 3.05) is 31.1 Å². The summed E-state index contributed by atoms with van der Waals surface area (Å²) >= 11 is 1.16. The van der Waals surface area contributed by atoms with Crippen LogP contribution in [0.4, 0.5) is 5.69 Å². The van der Waals surface area contributed by atoms with Crippen LogP contribution in [0.25, 0.3) is 0 Å². The standard InChI is InChI=1S/C24H21N3O5S2/c1-16-5-2-3-6-20(16)27-23(29)18-9-8-17(15-19(18)24(27)30)22(28)25-10-12-26(13-11-25)34(31,32)21-7-4-14-33-21/h2-9,14-15H,10-13H2,1H3. The molecule has 0 saturated carbocycles. The third kappa shape index (κ3) is 3.64. The molecule has 0 spiro atoms. The molecule has 2 aliphatic heterocycles. The Bertz CT molecular complexity index is 1410. The van der Waals surface area contributed by atoms with Crippen molar-refractivity contribution in [3.63, 3.8) is 0 Å². The maximum Gasteiger partial charge on any atom is 0.266 e. The zero-order chi connectivity index (χ0) is 24.0. The fraction of sp³-hybridized carbons (Fsp3) is 0.208. The van der Waals surface area contributed by atoms with E-state index >= 15 is 0 Å². The van der Waals surface area contributed by atoms with Crippen molar-refractivity contribution in [1.82, 2.24) is 9.21 Å². The predicted octanol–water partition coefficient (Wildman–Crippen LogP) is 3.00. The molecule has 0 aliphatic carbocycles. The molecule has 0 N–H and O–H groups in total. The lowest BCUT2D eigenvalue weighted by atomic mass is 10.0. The molecule has 0 radical (unpaired) electrons. The molecular formula is C24H21N3O5S2. The Morgan fingerprint density at radius 2 is 1.59 bits per heavy atom. The number of anilines is 1. The van der Waals surface area contributed by atoms with Gasteiger partial charge in [0.15, 0.2) is 0 Å². The van der Waals surface area contributed by atoms with Gasteiger partial charge in [-0.2, -0.15) is 4.31 Å². The van der Waals surface area contributed by atoms with E-state index in [0.717, 1.165) is 21.8 Å². The van der Waals surface area contributed by atoms with E-state index in [-0.39, 0.29) is 47.4 Å². The second-order valence-electron chi connectivity index (χ2n) is 8.12. The molecule has 2 aliphatic rings. The van der Waals surface area contributed by atoms with Crippen LogP contribution in [0.2, 0.25) is 0 Å². The summed E-state index contributed by atoms with van der Waals surface area (Å²) < 4.78 is 27.1. The van der Waals surface area contributed by atoms with E-state index in [0.29, 0.717) is 11.3 Å². The second-order valence-corrected chi connectivity index (χ2v) is 11.2. The molecule has 1 saturated heterocycles. The van der Waals surface area contributed by atoms with Crippen LogP contribution in [0.15, 0.2) is 64.2 Å². The molecular weight excluding hydrogens is 474 g/mol. The number of fused-ring (bicyclic) bond motifs is 1. The molecule has 3 aromatic rings. The molecule has 3 heterocycles. The zero-order valence-electron chi connectivity index (χ0n) is 18.3. The Morgan fingerprint density at radius 3 is 2.26 bits per heavy atom. The topological polar surface area (TPSA) is 95.1 Å². The minimum atomic E-state index is -3.56. The van der Waals surface area contributed by atoms with Crippen LogP contribution in [0.5, 0.6) is 0 Å². The average Bonchev–Trinajstić information content (AvgIpc) is 3.47. The first-order chi connectivity index (χ1) is 16.3. The summed E-state index contributed by atoms with van der Waals surface area (Å²) in [6.45, 7) is 2.68. The van der Waals surface area contributed by atoms with Gasteiger partial charge in [0, 0.05) is 31.7 Å². The number of aryl methyl sites for hydroxylation is 1. The highest BCUT2D eigenvalue weighted by Crippen LogP contribution is 2.31. The Morgan fingerprint density at radius 1 is 0.882 bits per heavy atom. The number of carbonyl (C=O) groups is 3. The van der Waals surface area contributed by atoms with Crippen molar-refractivity contribution >= 4 is 44.8 Å². The number of sulfonamides is 1. The fourth-order valence-electron chi connectivity index (χ4n) is 4.26. The summed E-state index contributed by atoms with van der Waals surface area (Å²) in [5, 5.41) is 1.72. The van der Waals surface area contributed by atoms with Crippen LogP contribution in [0.3, 0.4) is 0 Å². The van der Waals surface area contributed by atoms with Crippen molar-refractivity contribution in [2.45, 2.75) is 11.1 Å². The Labute approximate surface area is 201 Å². The summed E-state index contributed by atoms with van der Waals surface area (Å²) in [5.41, 5.74) is 2.06. The number of hydrogen-bond acceptors (Lipinski definition) is 6. The van der Waals surface area contributed by atoms with E-state index in [1.54, 1.807) is 40.6 Å². The van der Waals surface area contributed by atoms with E-state index in [1.807, 2.05) is 19.1 Å². The first-order valence-electron chi connectivity index (χ1n) is 10.7. The largest absolute Gasteiger partial charge is 0.336 e. The van der Waals surface area contributed by atoms with E-state index in [9.17, 15) is 22.8 Å². The lowest BCUT2D eigenvalue weighted by molar-refractivity contribution is 0.0697. The lowest BCUT2D eigenvalue weighted by Crippen LogP contribution is -2.50. The van der Waals surface area contributed by atoms with Crippen LogP contribution >= 0.6 is 11.3 Å². The average molecular weight is 496 g/mol. The predicted molar refractivity (Wildman–Crippen MR) is 128 cm³/mol. The van der Waals surface area contributed by atoms with Gasteiger partial charge in [-0.05, 0) is 48.2 Å². The molecule has 0 unspecified atom stereocenters. The Balaban J connectivity index is 1.33. The van der Waals surface area contributed by atoms with Crippen LogP contribution in [0.1, 0.15) is 36.6 Å². The first kappa shape index (κ1) is 22.5. The number of nitrogens with zero attached hydrogens (tertiary/aromatic N) is 3. The smallest absolute Gasteiger partial charge is 0.266 e. The van der Waals surface area contributed by atoms with Crippen molar-refractivity contribution in [2.24, 2.45) is 0 Å². The zero-order valence-corrected chi connectivity index (χ0v) is 19.9. The van der Waals surface area contributed by atoms with Gasteiger partial charge in [0.2, 0.25) is 0 Å². The molecule has 8 nitrogen and oxygen atoms in total. The summed E-state index contributed by atoms with van der Waals surface area (Å²) in [6.07, 6.45) is 0. The summed E-state index contributed by atoms with van der Waals surface area (Å²) in [5.74, 6) is -1.18. The molecule has 1 fully saturated rings. The van der Waals surface area contributed by atoms with Crippen LogP contribution in [0, 0.1) is 6.92 Å². The van der Waals surface area contributed by atoms with Gasteiger partial charge < -0.3 is 4.90 Å². The number of hydrogen-bond donors (Lipinski definition) is 0. The third-order valence-electron chi connectivity index (χ3n) is 6.10. The van der Waals surface area contributed by atoms with E-state index in [2.05, 4.69) is 0 Å². The number of benzene rings is 2. The number of thiophene rings is 1. The quantitative estimate of drug-likeness (QED) is 0.519. The van der Waals surface area contributed by atoms with Gasteiger partial charge in [-0.15, -0.1) is 11.3 Å². The Kier molecular flexibility index (Phi) is 5.59. The number of imide groups is 1. The minimum absolute atomic E-state index is 0.190. The molecule has 0 bridgehead atoms. The highest BCUT2D eigenvalue weighted by Gasteiger charge is 2.38. The summed E-state index contributed by atoms with van der Waals surface area (Å²) in [4.78, 5) is 41.8. The normalized spacial score (nSPS) is 16.7. The maximum absolute atomic E-state index is 13.1. The van der Waals surface area contributed by atoms with E-state index in [1.165, 1.54) is 16.4 Å². The van der Waals surface area contributed by atoms with Gasteiger partial charge in [0.05, 0.1) is 16.8 Å². The van der Waals surface area contributed by atoms with E-state index < -0.39 is 21.8 Å². The van der Waals surface area contributed by atoms with Crippen LogP contribution in [-0.2, 0) is 10.0 Å². The highest BCUT2D eigenvalue weighted by molar-refractivity contribution is 7.91. The van der Waals surface area contributed by atoms with Crippen molar-refractivity contribution < 1.29 is 22.8 Å². The molecule has 34 heavy (non-hydrogen) atoms. The molecule has 1 aromatic heterocycles. The van der Waals surface area contributed by atoms with Crippen molar-refractivity contribution in [3.05, 3.63) is 82.2 Å². The van der Waals surface area contributed by atoms with Gasteiger partial charge >= 0.3 is 0 Å². The fourth-order valence-corrected chi connectivity index (χ4v) is 6.83. The second kappa shape index (κ2) is 8.46. The van der Waals surface area contributed by atoms with E-state index in [4.69, 9.17) is 0 Å². The molecule has 3 amide bonds. The van der Waals surface area contributed by atoms with Crippen molar-refractivity contribution in [1.29, 1.82) is 0 Å².